The van der Waals surface area contributed by atoms with Gasteiger partial charge in [0.1, 0.15) is 11.4 Å². The lowest BCUT2D eigenvalue weighted by atomic mass is 10.3. The average molecular weight is 352 g/mol. The number of thiocarbonyl (C=S) groups is 1. The van der Waals surface area contributed by atoms with Crippen LogP contribution in [0.2, 0.25) is 0 Å². The number of para-hydroxylation sites is 2. The molecule has 0 aliphatic carbocycles. The van der Waals surface area contributed by atoms with Crippen molar-refractivity contribution < 1.29 is 4.79 Å². The Hall–Kier alpha value is -3.39. The van der Waals surface area contributed by atoms with Crippen LogP contribution < -0.4 is 21.9 Å². The van der Waals surface area contributed by atoms with E-state index >= 15 is 0 Å². The fourth-order valence-corrected chi connectivity index (χ4v) is 2.44. The Morgan fingerprint density at radius 3 is 2.28 bits per heavy atom. The molecule has 0 atom stereocenters. The van der Waals surface area contributed by atoms with Gasteiger partial charge in [0.05, 0.1) is 17.6 Å². The summed E-state index contributed by atoms with van der Waals surface area (Å²) >= 11 is 5.02. The molecule has 0 unspecified atom stereocenters. The second-order valence-corrected chi connectivity index (χ2v) is 5.56. The number of nitrogens with zero attached hydrogens (tertiary/aromatic N) is 3. The van der Waals surface area contributed by atoms with Crippen LogP contribution in [0.4, 0.5) is 11.5 Å². The second-order valence-electron chi connectivity index (χ2n) is 5.14. The third-order valence-corrected chi connectivity index (χ3v) is 3.68. The van der Waals surface area contributed by atoms with Gasteiger partial charge in [-0.1, -0.05) is 36.4 Å². The third kappa shape index (κ3) is 3.43. The van der Waals surface area contributed by atoms with Crippen LogP contribution in [0.15, 0.2) is 66.9 Å². The number of carbonyl (C=O) groups is 1. The van der Waals surface area contributed by atoms with Gasteiger partial charge in [-0.05, 0) is 36.5 Å². The minimum Gasteiger partial charge on any atom is -0.383 e. The predicted octanol–water partition coefficient (Wildman–Crippen LogP) is 1.85. The van der Waals surface area contributed by atoms with Gasteiger partial charge in [-0.25, -0.2) is 9.69 Å². The van der Waals surface area contributed by atoms with Gasteiger partial charge in [0.25, 0.3) is 5.91 Å². The smallest absolute Gasteiger partial charge is 0.275 e. The fourth-order valence-electron chi connectivity index (χ4n) is 2.29. The van der Waals surface area contributed by atoms with E-state index in [2.05, 4.69) is 10.5 Å². The minimum absolute atomic E-state index is 0.00794. The number of nitrogens with one attached hydrogen (secondary N) is 1. The van der Waals surface area contributed by atoms with Crippen LogP contribution >= 0.6 is 12.2 Å². The summed E-state index contributed by atoms with van der Waals surface area (Å²) in [7, 11) is 0. The molecule has 1 heterocycles. The maximum atomic E-state index is 12.6. The van der Waals surface area contributed by atoms with Crippen LogP contribution in [0.5, 0.6) is 0 Å². The molecule has 0 radical (unpaired) electrons. The maximum absolute atomic E-state index is 12.6. The van der Waals surface area contributed by atoms with E-state index in [9.17, 15) is 4.79 Å². The molecule has 0 saturated heterocycles. The van der Waals surface area contributed by atoms with Crippen molar-refractivity contribution in [1.29, 1.82) is 0 Å². The number of rotatable bonds is 3. The topological polar surface area (TPSA) is 102 Å². The van der Waals surface area contributed by atoms with Crippen molar-refractivity contribution in [3.05, 3.63) is 72.4 Å². The summed E-state index contributed by atoms with van der Waals surface area (Å²) < 4.78 is 1.49. The van der Waals surface area contributed by atoms with E-state index in [-0.39, 0.29) is 16.5 Å². The first-order valence-corrected chi connectivity index (χ1v) is 7.83. The van der Waals surface area contributed by atoms with Crippen molar-refractivity contribution in [3.63, 3.8) is 0 Å². The largest absolute Gasteiger partial charge is 0.383 e. The average Bonchev–Trinajstić information content (AvgIpc) is 3.02. The minimum atomic E-state index is -0.462. The molecule has 0 aliphatic rings. The monoisotopic (exact) mass is 352 g/mol. The van der Waals surface area contributed by atoms with Crippen LogP contribution in [-0.4, -0.2) is 20.8 Å². The first-order valence-electron chi connectivity index (χ1n) is 7.42. The highest BCUT2D eigenvalue weighted by Crippen LogP contribution is 2.18. The molecule has 0 spiro atoms. The van der Waals surface area contributed by atoms with Gasteiger partial charge in [-0.15, -0.1) is 0 Å². The number of benzene rings is 2. The molecule has 0 fully saturated rings. The summed E-state index contributed by atoms with van der Waals surface area (Å²) in [6.45, 7) is 0. The van der Waals surface area contributed by atoms with Crippen molar-refractivity contribution in [2.75, 3.05) is 10.7 Å². The molecule has 2 aromatic carbocycles. The second kappa shape index (κ2) is 7.02. The highest BCUT2D eigenvalue weighted by molar-refractivity contribution is 7.80. The van der Waals surface area contributed by atoms with Gasteiger partial charge >= 0.3 is 0 Å². The first kappa shape index (κ1) is 16.5. The zero-order valence-electron chi connectivity index (χ0n) is 13.2. The predicted molar refractivity (Wildman–Crippen MR) is 101 cm³/mol. The van der Waals surface area contributed by atoms with E-state index < -0.39 is 5.91 Å². The molecular formula is C17H16N6OS. The molecule has 0 saturated carbocycles. The molecule has 126 valence electrons. The van der Waals surface area contributed by atoms with Gasteiger partial charge in [0.15, 0.2) is 5.11 Å². The third-order valence-electron chi connectivity index (χ3n) is 3.50. The Kier molecular flexibility index (Phi) is 4.62. The van der Waals surface area contributed by atoms with Crippen LogP contribution in [0.25, 0.3) is 5.69 Å². The molecule has 0 bridgehead atoms. The molecule has 3 aromatic rings. The van der Waals surface area contributed by atoms with Crippen molar-refractivity contribution >= 4 is 34.7 Å². The van der Waals surface area contributed by atoms with Gasteiger partial charge in [-0.2, -0.15) is 5.10 Å². The highest BCUT2D eigenvalue weighted by Gasteiger charge is 2.19. The normalized spacial score (nSPS) is 10.2. The number of amides is 1. The number of hydrazine groups is 1. The number of carbonyl (C=O) groups excluding carboxylic acids is 1. The van der Waals surface area contributed by atoms with Crippen molar-refractivity contribution in [3.8, 4) is 5.69 Å². The zero-order valence-corrected chi connectivity index (χ0v) is 14.0. The Morgan fingerprint density at radius 2 is 1.68 bits per heavy atom. The lowest BCUT2D eigenvalue weighted by molar-refractivity contribution is 0.0956. The number of hydrogen-bond acceptors (Lipinski definition) is 4. The van der Waals surface area contributed by atoms with E-state index in [0.29, 0.717) is 5.69 Å². The van der Waals surface area contributed by atoms with E-state index in [4.69, 9.17) is 23.7 Å². The van der Waals surface area contributed by atoms with E-state index in [1.165, 1.54) is 15.9 Å². The molecular weight excluding hydrogens is 336 g/mol. The van der Waals surface area contributed by atoms with Crippen LogP contribution in [0, 0.1) is 0 Å². The van der Waals surface area contributed by atoms with Gasteiger partial charge in [0, 0.05) is 0 Å². The lowest BCUT2D eigenvalue weighted by Crippen LogP contribution is -2.49. The number of hydrogen-bond donors (Lipinski definition) is 3. The summed E-state index contributed by atoms with van der Waals surface area (Å²) in [4.78, 5) is 12.6. The summed E-state index contributed by atoms with van der Waals surface area (Å²) in [5, 5.41) is 5.50. The molecule has 5 N–H and O–H groups in total. The van der Waals surface area contributed by atoms with Gasteiger partial charge in [-0.3, -0.25) is 10.2 Å². The summed E-state index contributed by atoms with van der Waals surface area (Å²) in [5.74, 6) is -0.240. The first-order chi connectivity index (χ1) is 12.1. The van der Waals surface area contributed by atoms with Gasteiger partial charge in [0.2, 0.25) is 0 Å². The van der Waals surface area contributed by atoms with Crippen LogP contribution in [0.1, 0.15) is 10.4 Å². The van der Waals surface area contributed by atoms with Crippen LogP contribution in [-0.2, 0) is 0 Å². The van der Waals surface area contributed by atoms with Crippen LogP contribution in [0.3, 0.4) is 0 Å². The quantitative estimate of drug-likeness (QED) is 0.491. The van der Waals surface area contributed by atoms with E-state index in [1.807, 2.05) is 48.5 Å². The molecule has 1 aromatic heterocycles. The Bertz CT molecular complexity index is 894. The Labute approximate surface area is 149 Å². The Morgan fingerprint density at radius 1 is 1.08 bits per heavy atom. The fraction of sp³-hybridized carbons (Fsp3) is 0. The van der Waals surface area contributed by atoms with Crippen molar-refractivity contribution in [1.82, 2.24) is 15.2 Å². The number of nitrogens with two attached hydrogens (primary N) is 2. The molecule has 8 heteroatoms. The van der Waals surface area contributed by atoms with Crippen molar-refractivity contribution in [2.45, 2.75) is 0 Å². The molecule has 25 heavy (non-hydrogen) atoms. The summed E-state index contributed by atoms with van der Waals surface area (Å²) in [6.07, 6.45) is 1.40. The number of nitrogen functional groups attached to an aromatic ring is 1. The van der Waals surface area contributed by atoms with Crippen molar-refractivity contribution in [2.24, 2.45) is 5.73 Å². The number of anilines is 2. The maximum Gasteiger partial charge on any atom is 0.275 e. The summed E-state index contributed by atoms with van der Waals surface area (Å²) in [5.41, 5.74) is 16.1. The summed E-state index contributed by atoms with van der Waals surface area (Å²) in [6, 6.07) is 18.3. The standard InChI is InChI=1S/C17H16N6OS/c18-15-14(11-20-22(15)12-7-3-1-4-8-12)16(24)21-23(17(19)25)13-9-5-2-6-10-13/h1-11H,18H2,(H2,19,25)(H,21,24). The molecule has 1 amide bonds. The van der Waals surface area contributed by atoms with E-state index in [0.717, 1.165) is 5.69 Å². The zero-order chi connectivity index (χ0) is 17.8. The lowest BCUT2D eigenvalue weighted by Gasteiger charge is -2.23. The number of aromatic nitrogens is 2. The highest BCUT2D eigenvalue weighted by atomic mass is 32.1. The SMILES string of the molecule is NC(=S)N(NC(=O)c1cnn(-c2ccccc2)c1N)c1ccccc1. The van der Waals surface area contributed by atoms with Gasteiger partial charge < -0.3 is 11.5 Å². The van der Waals surface area contributed by atoms with E-state index in [1.54, 1.807) is 12.1 Å². The molecule has 0 aliphatic heterocycles. The Balaban J connectivity index is 1.86. The molecule has 3 rings (SSSR count). The molecule has 7 nitrogen and oxygen atoms in total.